The zero-order valence-corrected chi connectivity index (χ0v) is 12.3. The zero-order chi connectivity index (χ0) is 14.9. The molecule has 3 nitrogen and oxygen atoms in total. The van der Waals surface area contributed by atoms with Gasteiger partial charge in [-0.2, -0.15) is 0 Å². The highest BCUT2D eigenvalue weighted by Gasteiger charge is 2.17. The first kappa shape index (κ1) is 15.1. The van der Waals surface area contributed by atoms with Crippen LogP contribution in [0.2, 0.25) is 0 Å². The molecule has 0 saturated carbocycles. The van der Waals surface area contributed by atoms with Crippen LogP contribution in [0.25, 0.3) is 0 Å². The Morgan fingerprint density at radius 1 is 1.05 bits per heavy atom. The predicted molar refractivity (Wildman–Crippen MR) is 84.4 cm³/mol. The number of nitrogens with one attached hydrogen (secondary N) is 1. The van der Waals surface area contributed by atoms with Crippen LogP contribution in [0.15, 0.2) is 60.7 Å². The molecule has 1 atom stereocenters. The van der Waals surface area contributed by atoms with Crippen molar-refractivity contribution < 1.29 is 9.53 Å². The molecule has 110 valence electrons. The number of para-hydroxylation sites is 1. The molecule has 1 N–H and O–H groups in total. The highest BCUT2D eigenvalue weighted by atomic mass is 16.5. The number of hydrogen-bond acceptors (Lipinski definition) is 2. The van der Waals surface area contributed by atoms with Gasteiger partial charge >= 0.3 is 0 Å². The van der Waals surface area contributed by atoms with Gasteiger partial charge in [0.05, 0.1) is 12.5 Å². The summed E-state index contributed by atoms with van der Waals surface area (Å²) in [6, 6.07) is 19.5. The van der Waals surface area contributed by atoms with Crippen molar-refractivity contribution >= 4 is 5.91 Å². The van der Waals surface area contributed by atoms with Crippen LogP contribution < -0.4 is 10.1 Å². The average molecular weight is 283 g/mol. The summed E-state index contributed by atoms with van der Waals surface area (Å²) >= 11 is 0. The fourth-order valence-corrected chi connectivity index (χ4v) is 2.24. The SMILES string of the molecule is CCC(C(=O)NCCOc1ccccc1)c1ccccc1. The molecular weight excluding hydrogens is 262 g/mol. The third-order valence-corrected chi connectivity index (χ3v) is 3.34. The maximum Gasteiger partial charge on any atom is 0.227 e. The first-order valence-corrected chi connectivity index (χ1v) is 7.31. The summed E-state index contributed by atoms with van der Waals surface area (Å²) < 4.78 is 5.56. The van der Waals surface area contributed by atoms with E-state index in [0.717, 1.165) is 17.7 Å². The van der Waals surface area contributed by atoms with Crippen LogP contribution in [0.5, 0.6) is 5.75 Å². The fourth-order valence-electron chi connectivity index (χ4n) is 2.24. The topological polar surface area (TPSA) is 38.3 Å². The Balaban J connectivity index is 1.78. The molecule has 0 heterocycles. The largest absolute Gasteiger partial charge is 0.492 e. The van der Waals surface area contributed by atoms with Gasteiger partial charge < -0.3 is 10.1 Å². The lowest BCUT2D eigenvalue weighted by Gasteiger charge is -2.15. The summed E-state index contributed by atoms with van der Waals surface area (Å²) in [5.41, 5.74) is 1.06. The van der Waals surface area contributed by atoms with E-state index in [1.807, 2.05) is 67.6 Å². The van der Waals surface area contributed by atoms with Crippen molar-refractivity contribution in [1.29, 1.82) is 0 Å². The lowest BCUT2D eigenvalue weighted by atomic mass is 9.96. The number of ether oxygens (including phenoxy) is 1. The molecular formula is C18H21NO2. The van der Waals surface area contributed by atoms with Crippen molar-refractivity contribution in [2.45, 2.75) is 19.3 Å². The molecule has 1 amide bonds. The molecule has 1 unspecified atom stereocenters. The third-order valence-electron chi connectivity index (χ3n) is 3.34. The van der Waals surface area contributed by atoms with E-state index in [1.54, 1.807) is 0 Å². The van der Waals surface area contributed by atoms with Crippen LogP contribution in [-0.2, 0) is 4.79 Å². The monoisotopic (exact) mass is 283 g/mol. The highest BCUT2D eigenvalue weighted by molar-refractivity contribution is 5.83. The molecule has 0 aliphatic heterocycles. The first-order chi connectivity index (χ1) is 10.3. The Morgan fingerprint density at radius 3 is 2.29 bits per heavy atom. The fraction of sp³-hybridized carbons (Fsp3) is 0.278. The van der Waals surface area contributed by atoms with Crippen LogP contribution in [0.4, 0.5) is 0 Å². The lowest BCUT2D eigenvalue weighted by Crippen LogP contribution is -2.32. The van der Waals surface area contributed by atoms with E-state index in [2.05, 4.69) is 5.32 Å². The summed E-state index contributed by atoms with van der Waals surface area (Å²) in [6.07, 6.45) is 0.787. The van der Waals surface area contributed by atoms with Gasteiger partial charge in [-0.3, -0.25) is 4.79 Å². The molecule has 0 radical (unpaired) electrons. The molecule has 3 heteroatoms. The van der Waals surface area contributed by atoms with Crippen molar-refractivity contribution in [2.24, 2.45) is 0 Å². The number of hydrogen-bond donors (Lipinski definition) is 1. The van der Waals surface area contributed by atoms with Gasteiger partial charge in [0.1, 0.15) is 12.4 Å². The van der Waals surface area contributed by atoms with E-state index in [0.29, 0.717) is 13.2 Å². The summed E-state index contributed by atoms with van der Waals surface area (Å²) in [5.74, 6) is 0.783. The number of benzene rings is 2. The van der Waals surface area contributed by atoms with Gasteiger partial charge in [-0.1, -0.05) is 55.5 Å². The van der Waals surface area contributed by atoms with Gasteiger partial charge in [0.2, 0.25) is 5.91 Å². The minimum absolute atomic E-state index is 0.0559. The molecule has 0 aliphatic carbocycles. The average Bonchev–Trinajstić information content (AvgIpc) is 2.54. The molecule has 2 rings (SSSR count). The second-order valence-corrected chi connectivity index (χ2v) is 4.82. The standard InChI is InChI=1S/C18H21NO2/c1-2-17(15-9-5-3-6-10-15)18(20)19-13-14-21-16-11-7-4-8-12-16/h3-12,17H,2,13-14H2,1H3,(H,19,20). The molecule has 0 bridgehead atoms. The maximum atomic E-state index is 12.2. The summed E-state index contributed by atoms with van der Waals surface area (Å²) in [4.78, 5) is 12.2. The van der Waals surface area contributed by atoms with E-state index in [-0.39, 0.29) is 11.8 Å². The minimum atomic E-state index is -0.0945. The smallest absolute Gasteiger partial charge is 0.227 e. The molecule has 0 aromatic heterocycles. The molecule has 0 aliphatic rings. The normalized spacial score (nSPS) is 11.7. The van der Waals surface area contributed by atoms with Gasteiger partial charge in [-0.15, -0.1) is 0 Å². The number of carbonyl (C=O) groups excluding carboxylic acids is 1. The molecule has 2 aromatic rings. The Bertz CT molecular complexity index is 540. The molecule has 2 aromatic carbocycles. The maximum absolute atomic E-state index is 12.2. The Morgan fingerprint density at radius 2 is 1.67 bits per heavy atom. The molecule has 0 saturated heterocycles. The Hall–Kier alpha value is -2.29. The predicted octanol–water partition coefficient (Wildman–Crippen LogP) is 3.38. The highest BCUT2D eigenvalue weighted by Crippen LogP contribution is 2.19. The van der Waals surface area contributed by atoms with Crippen molar-refractivity contribution in [3.05, 3.63) is 66.2 Å². The summed E-state index contributed by atoms with van der Waals surface area (Å²) in [5, 5.41) is 2.94. The van der Waals surface area contributed by atoms with E-state index < -0.39 is 0 Å². The van der Waals surface area contributed by atoms with Crippen molar-refractivity contribution in [3.8, 4) is 5.75 Å². The summed E-state index contributed by atoms with van der Waals surface area (Å²) in [6.45, 7) is 3.01. The lowest BCUT2D eigenvalue weighted by molar-refractivity contribution is -0.122. The summed E-state index contributed by atoms with van der Waals surface area (Å²) in [7, 11) is 0. The second kappa shape index (κ2) is 8.10. The second-order valence-electron chi connectivity index (χ2n) is 4.82. The van der Waals surface area contributed by atoms with E-state index >= 15 is 0 Å². The number of amides is 1. The Kier molecular flexibility index (Phi) is 5.83. The van der Waals surface area contributed by atoms with E-state index in [1.165, 1.54) is 0 Å². The first-order valence-electron chi connectivity index (χ1n) is 7.31. The van der Waals surface area contributed by atoms with Gasteiger partial charge in [-0.25, -0.2) is 0 Å². The quantitative estimate of drug-likeness (QED) is 0.791. The number of carbonyl (C=O) groups is 1. The van der Waals surface area contributed by atoms with Gasteiger partial charge in [-0.05, 0) is 24.1 Å². The van der Waals surface area contributed by atoms with Crippen molar-refractivity contribution in [1.82, 2.24) is 5.32 Å². The van der Waals surface area contributed by atoms with Gasteiger partial charge in [0, 0.05) is 0 Å². The van der Waals surface area contributed by atoms with Crippen LogP contribution in [0, 0.1) is 0 Å². The Labute approximate surface area is 126 Å². The van der Waals surface area contributed by atoms with E-state index in [4.69, 9.17) is 4.74 Å². The van der Waals surface area contributed by atoms with Crippen molar-refractivity contribution in [3.63, 3.8) is 0 Å². The van der Waals surface area contributed by atoms with Crippen LogP contribution in [-0.4, -0.2) is 19.1 Å². The minimum Gasteiger partial charge on any atom is -0.492 e. The van der Waals surface area contributed by atoms with Crippen LogP contribution in [0.1, 0.15) is 24.8 Å². The van der Waals surface area contributed by atoms with Gasteiger partial charge in [0.15, 0.2) is 0 Å². The number of rotatable bonds is 7. The van der Waals surface area contributed by atoms with Crippen LogP contribution >= 0.6 is 0 Å². The molecule has 0 spiro atoms. The van der Waals surface area contributed by atoms with Crippen molar-refractivity contribution in [2.75, 3.05) is 13.2 Å². The zero-order valence-electron chi connectivity index (χ0n) is 12.3. The molecule has 21 heavy (non-hydrogen) atoms. The van der Waals surface area contributed by atoms with E-state index in [9.17, 15) is 4.79 Å². The third kappa shape index (κ3) is 4.63. The van der Waals surface area contributed by atoms with Gasteiger partial charge in [0.25, 0.3) is 0 Å². The van der Waals surface area contributed by atoms with Crippen LogP contribution in [0.3, 0.4) is 0 Å². The molecule has 0 fully saturated rings.